The zero-order valence-electron chi connectivity index (χ0n) is 12.0. The van der Waals surface area contributed by atoms with Crippen LogP contribution in [0, 0.1) is 6.92 Å². The van der Waals surface area contributed by atoms with Crippen molar-refractivity contribution < 1.29 is 4.42 Å². The Hall–Kier alpha value is -1.90. The van der Waals surface area contributed by atoms with Crippen molar-refractivity contribution in [3.8, 4) is 0 Å². The summed E-state index contributed by atoms with van der Waals surface area (Å²) in [4.78, 5) is 0. The maximum Gasteiger partial charge on any atom is 0.247 e. The molecule has 1 aromatic heterocycles. The summed E-state index contributed by atoms with van der Waals surface area (Å²) in [6.07, 6.45) is 13.1. The van der Waals surface area contributed by atoms with Crippen LogP contribution in [0.15, 0.2) is 46.9 Å². The molecule has 1 aromatic rings. The van der Waals surface area contributed by atoms with Crippen LogP contribution in [0.25, 0.3) is 5.57 Å². The molecule has 0 aliphatic carbocycles. The van der Waals surface area contributed by atoms with Crippen LogP contribution in [-0.4, -0.2) is 10.2 Å². The highest BCUT2D eigenvalue weighted by Crippen LogP contribution is 2.16. The smallest absolute Gasteiger partial charge is 0.247 e. The van der Waals surface area contributed by atoms with Crippen molar-refractivity contribution in [2.45, 2.75) is 40.0 Å². The van der Waals surface area contributed by atoms with Crippen LogP contribution in [0.5, 0.6) is 0 Å². The average molecular weight is 258 g/mol. The van der Waals surface area contributed by atoms with Crippen molar-refractivity contribution in [2.24, 2.45) is 0 Å². The summed E-state index contributed by atoms with van der Waals surface area (Å²) in [5.74, 6) is 1.17. The lowest BCUT2D eigenvalue weighted by atomic mass is 10.1. The summed E-state index contributed by atoms with van der Waals surface area (Å²) in [5, 5.41) is 7.91. The molecule has 0 atom stereocenters. The predicted molar refractivity (Wildman–Crippen MR) is 79.6 cm³/mol. The van der Waals surface area contributed by atoms with Crippen molar-refractivity contribution >= 4 is 5.57 Å². The van der Waals surface area contributed by atoms with Gasteiger partial charge >= 0.3 is 0 Å². The van der Waals surface area contributed by atoms with Crippen LogP contribution in [0.2, 0.25) is 0 Å². The highest BCUT2D eigenvalue weighted by atomic mass is 16.4. The fraction of sp³-hybridized carbons (Fsp3) is 0.375. The number of aryl methyl sites for hydroxylation is 1. The van der Waals surface area contributed by atoms with Crippen LogP contribution in [0.1, 0.15) is 44.9 Å². The van der Waals surface area contributed by atoms with Crippen molar-refractivity contribution in [1.82, 2.24) is 10.2 Å². The molecule has 0 radical (unpaired) electrons. The third-order valence-corrected chi connectivity index (χ3v) is 2.58. The second-order valence-corrected chi connectivity index (χ2v) is 4.19. The Kier molecular flexibility index (Phi) is 6.58. The Labute approximate surface area is 115 Å². The minimum absolute atomic E-state index is 0.579. The Morgan fingerprint density at radius 1 is 1.21 bits per heavy atom. The standard InChI is InChI=1S/C16H22N2O/c1-5-9-14(7-3)11-8-12-15(10-6-2)16-18-17-13(4)19-16/h7-10,12H,3,5-6,11H2,1-2,4H3/b12-8-,14-9?,15-10+. The average Bonchev–Trinajstić information content (AvgIpc) is 2.83. The molecule has 0 unspecified atom stereocenters. The van der Waals surface area contributed by atoms with Gasteiger partial charge in [0, 0.05) is 12.5 Å². The highest BCUT2D eigenvalue weighted by molar-refractivity contribution is 5.68. The van der Waals surface area contributed by atoms with Gasteiger partial charge in [-0.2, -0.15) is 0 Å². The summed E-state index contributed by atoms with van der Waals surface area (Å²) in [7, 11) is 0. The Bertz CT molecular complexity index is 493. The normalized spacial score (nSPS) is 13.2. The summed E-state index contributed by atoms with van der Waals surface area (Å²) in [5.41, 5.74) is 2.21. The van der Waals surface area contributed by atoms with E-state index in [4.69, 9.17) is 4.42 Å². The first kappa shape index (κ1) is 15.2. The Balaban J connectivity index is 2.78. The molecule has 19 heavy (non-hydrogen) atoms. The van der Waals surface area contributed by atoms with Gasteiger partial charge in [0.25, 0.3) is 0 Å². The van der Waals surface area contributed by atoms with Gasteiger partial charge in [0.15, 0.2) is 0 Å². The molecule has 0 fully saturated rings. The number of allylic oxidation sites excluding steroid dienone is 7. The highest BCUT2D eigenvalue weighted by Gasteiger charge is 2.05. The van der Waals surface area contributed by atoms with Gasteiger partial charge in [0.05, 0.1) is 0 Å². The molecule has 1 rings (SSSR count). The van der Waals surface area contributed by atoms with Gasteiger partial charge in [-0.1, -0.05) is 50.8 Å². The van der Waals surface area contributed by atoms with Crippen molar-refractivity contribution in [2.75, 3.05) is 0 Å². The molecule has 0 amide bonds. The zero-order chi connectivity index (χ0) is 14.1. The third-order valence-electron chi connectivity index (χ3n) is 2.58. The number of rotatable bonds is 7. The molecule has 0 saturated heterocycles. The van der Waals surface area contributed by atoms with Crippen molar-refractivity contribution in [1.29, 1.82) is 0 Å². The van der Waals surface area contributed by atoms with Gasteiger partial charge < -0.3 is 4.42 Å². The zero-order valence-corrected chi connectivity index (χ0v) is 12.0. The largest absolute Gasteiger partial charge is 0.421 e. The predicted octanol–water partition coefficient (Wildman–Crippen LogP) is 4.64. The van der Waals surface area contributed by atoms with Gasteiger partial charge in [-0.05, 0) is 24.8 Å². The lowest BCUT2D eigenvalue weighted by molar-refractivity contribution is 0.507. The van der Waals surface area contributed by atoms with Crippen LogP contribution in [0.3, 0.4) is 0 Å². The van der Waals surface area contributed by atoms with E-state index in [0.29, 0.717) is 11.8 Å². The fourth-order valence-electron chi connectivity index (χ4n) is 1.69. The first-order valence-corrected chi connectivity index (χ1v) is 6.69. The van der Waals surface area contributed by atoms with Crippen molar-refractivity contribution in [3.63, 3.8) is 0 Å². The molecule has 0 saturated carbocycles. The maximum atomic E-state index is 5.45. The van der Waals surface area contributed by atoms with E-state index in [9.17, 15) is 0 Å². The Morgan fingerprint density at radius 3 is 2.47 bits per heavy atom. The number of aromatic nitrogens is 2. The third kappa shape index (κ3) is 5.08. The molecule has 0 aliphatic heterocycles. The summed E-state index contributed by atoms with van der Waals surface area (Å²) >= 11 is 0. The molecular formula is C16H22N2O. The topological polar surface area (TPSA) is 38.9 Å². The van der Waals surface area contributed by atoms with E-state index in [2.05, 4.69) is 48.9 Å². The van der Waals surface area contributed by atoms with Crippen LogP contribution in [-0.2, 0) is 0 Å². The minimum Gasteiger partial charge on any atom is -0.421 e. The quantitative estimate of drug-likeness (QED) is 0.669. The lowest BCUT2D eigenvalue weighted by Gasteiger charge is -1.97. The first-order valence-electron chi connectivity index (χ1n) is 6.69. The molecule has 0 bridgehead atoms. The van der Waals surface area contributed by atoms with Gasteiger partial charge in [0.1, 0.15) is 0 Å². The van der Waals surface area contributed by atoms with Gasteiger partial charge in [-0.25, -0.2) is 0 Å². The van der Waals surface area contributed by atoms with E-state index in [1.165, 1.54) is 5.57 Å². The molecule has 1 heterocycles. The number of hydrogen-bond acceptors (Lipinski definition) is 3. The SMILES string of the molecule is C=CC(=CCC)C/C=C\C(=C/CC)c1nnc(C)o1. The molecule has 0 aromatic carbocycles. The molecule has 0 aliphatic rings. The van der Waals surface area contributed by atoms with E-state index in [1.807, 2.05) is 12.2 Å². The van der Waals surface area contributed by atoms with E-state index in [1.54, 1.807) is 6.92 Å². The van der Waals surface area contributed by atoms with E-state index in [0.717, 1.165) is 24.8 Å². The van der Waals surface area contributed by atoms with Crippen LogP contribution < -0.4 is 0 Å². The number of nitrogens with zero attached hydrogens (tertiary/aromatic N) is 2. The van der Waals surface area contributed by atoms with Gasteiger partial charge in [-0.3, -0.25) is 0 Å². The van der Waals surface area contributed by atoms with Crippen LogP contribution >= 0.6 is 0 Å². The fourth-order valence-corrected chi connectivity index (χ4v) is 1.69. The van der Waals surface area contributed by atoms with E-state index >= 15 is 0 Å². The molecular weight excluding hydrogens is 236 g/mol. The first-order chi connectivity index (χ1) is 9.21. The second kappa shape index (κ2) is 8.25. The monoisotopic (exact) mass is 258 g/mol. The molecule has 0 N–H and O–H groups in total. The second-order valence-electron chi connectivity index (χ2n) is 4.19. The Morgan fingerprint density at radius 2 is 1.95 bits per heavy atom. The number of hydrogen-bond donors (Lipinski definition) is 0. The van der Waals surface area contributed by atoms with Gasteiger partial charge in [0.2, 0.25) is 11.8 Å². The summed E-state index contributed by atoms with van der Waals surface area (Å²) < 4.78 is 5.45. The summed E-state index contributed by atoms with van der Waals surface area (Å²) in [6, 6.07) is 0. The maximum absolute atomic E-state index is 5.45. The van der Waals surface area contributed by atoms with Crippen LogP contribution in [0.4, 0.5) is 0 Å². The molecule has 0 spiro atoms. The summed E-state index contributed by atoms with van der Waals surface area (Å²) in [6.45, 7) is 9.82. The van der Waals surface area contributed by atoms with Gasteiger partial charge in [-0.15, -0.1) is 10.2 Å². The lowest BCUT2D eigenvalue weighted by Crippen LogP contribution is -1.82. The molecule has 3 nitrogen and oxygen atoms in total. The molecule has 3 heteroatoms. The van der Waals surface area contributed by atoms with Crippen molar-refractivity contribution in [3.05, 3.63) is 54.3 Å². The molecule has 102 valence electrons. The minimum atomic E-state index is 0.579. The van der Waals surface area contributed by atoms with E-state index < -0.39 is 0 Å². The van der Waals surface area contributed by atoms with E-state index in [-0.39, 0.29) is 0 Å².